The van der Waals surface area contributed by atoms with Crippen LogP contribution in [-0.2, 0) is 17.1 Å². The van der Waals surface area contributed by atoms with Crippen molar-refractivity contribution in [1.29, 1.82) is 0 Å². The third-order valence-electron chi connectivity index (χ3n) is 4.40. The predicted molar refractivity (Wildman–Crippen MR) is 135 cm³/mol. The highest BCUT2D eigenvalue weighted by atomic mass is 35.5. The third-order valence-corrected chi connectivity index (χ3v) is 6.46. The van der Waals surface area contributed by atoms with Gasteiger partial charge >= 0.3 is 18.0 Å². The van der Waals surface area contributed by atoms with Crippen molar-refractivity contribution in [3.05, 3.63) is 45.6 Å². The van der Waals surface area contributed by atoms with Gasteiger partial charge in [0.1, 0.15) is 11.1 Å². The van der Waals surface area contributed by atoms with Crippen LogP contribution in [0, 0.1) is 0 Å². The monoisotopic (exact) mass is 606 g/mol. The Morgan fingerprint density at radius 1 is 0.949 bits per heavy atom. The Hall–Kier alpha value is -4.35. The molecule has 2 aromatic heterocycles. The highest BCUT2D eigenvalue weighted by molar-refractivity contribution is 7.90. The average Bonchev–Trinajstić information content (AvgIpc) is 3.27. The summed E-state index contributed by atoms with van der Waals surface area (Å²) in [5, 5.41) is 23.1. The molecule has 0 spiro atoms. The SMILES string of the molecule is COc1c(Cl)ccc(Cl)c1C(=O)O.COc1cc(OC)nc(NC(=O)NS(=O)(=O)c2c(C(=O)O)cnn2C)n1. The summed E-state index contributed by atoms with van der Waals surface area (Å²) in [6.45, 7) is 0. The van der Waals surface area contributed by atoms with Crippen molar-refractivity contribution in [3.8, 4) is 17.5 Å². The summed E-state index contributed by atoms with van der Waals surface area (Å²) in [4.78, 5) is 41.4. The number of amides is 2. The summed E-state index contributed by atoms with van der Waals surface area (Å²) < 4.78 is 41.7. The van der Waals surface area contributed by atoms with Crippen LogP contribution in [0.4, 0.5) is 10.7 Å². The molecule has 0 aliphatic rings. The lowest BCUT2D eigenvalue weighted by Crippen LogP contribution is -2.36. The lowest BCUT2D eigenvalue weighted by molar-refractivity contribution is 0.0682. The van der Waals surface area contributed by atoms with Crippen LogP contribution in [0.1, 0.15) is 20.7 Å². The molecule has 0 aliphatic carbocycles. The number of aromatic nitrogens is 4. The molecule has 0 atom stereocenters. The number of carbonyl (C=O) groups excluding carboxylic acids is 1. The van der Waals surface area contributed by atoms with Crippen molar-refractivity contribution >= 4 is 57.1 Å². The Morgan fingerprint density at radius 2 is 1.51 bits per heavy atom. The van der Waals surface area contributed by atoms with Crippen LogP contribution in [0.15, 0.2) is 29.4 Å². The Balaban J connectivity index is 0.000000344. The number of benzene rings is 1. The molecular weight excluding hydrogens is 587 g/mol. The number of hydrogen-bond donors (Lipinski definition) is 4. The van der Waals surface area contributed by atoms with E-state index in [1.165, 1.54) is 46.6 Å². The molecule has 0 fully saturated rings. The highest BCUT2D eigenvalue weighted by Crippen LogP contribution is 2.33. The summed E-state index contributed by atoms with van der Waals surface area (Å²) >= 11 is 11.4. The molecule has 0 saturated heterocycles. The molecule has 0 bridgehead atoms. The number of urea groups is 1. The van der Waals surface area contributed by atoms with E-state index in [1.807, 2.05) is 0 Å². The Labute approximate surface area is 230 Å². The maximum Gasteiger partial charge on any atom is 0.341 e. The number of anilines is 1. The zero-order valence-electron chi connectivity index (χ0n) is 20.4. The van der Waals surface area contributed by atoms with E-state index in [9.17, 15) is 22.8 Å². The molecule has 39 heavy (non-hydrogen) atoms. The topological polar surface area (TPSA) is 221 Å². The normalized spacial score (nSPS) is 10.5. The molecule has 0 saturated carbocycles. The number of nitrogens with one attached hydrogen (secondary N) is 2. The first-order valence-electron chi connectivity index (χ1n) is 10.1. The maximum absolute atomic E-state index is 12.3. The first-order chi connectivity index (χ1) is 18.2. The van der Waals surface area contributed by atoms with E-state index in [4.69, 9.17) is 47.6 Å². The van der Waals surface area contributed by atoms with Crippen molar-refractivity contribution in [1.82, 2.24) is 24.5 Å². The van der Waals surface area contributed by atoms with Crippen LogP contribution >= 0.6 is 23.2 Å². The van der Waals surface area contributed by atoms with Crippen LogP contribution in [0.2, 0.25) is 10.0 Å². The number of carboxylic acid groups (broad SMARTS) is 2. The second-order valence-corrected chi connectivity index (χ2v) is 9.28. The van der Waals surface area contributed by atoms with Crippen molar-refractivity contribution < 1.29 is 47.2 Å². The van der Waals surface area contributed by atoms with Gasteiger partial charge in [0, 0.05) is 7.05 Å². The van der Waals surface area contributed by atoms with Gasteiger partial charge < -0.3 is 24.4 Å². The minimum atomic E-state index is -4.53. The Kier molecular flexibility index (Phi) is 10.2. The van der Waals surface area contributed by atoms with Gasteiger partial charge in [0.15, 0.2) is 10.8 Å². The summed E-state index contributed by atoms with van der Waals surface area (Å²) in [6, 6.07) is 3.01. The lowest BCUT2D eigenvalue weighted by atomic mass is 10.2. The number of carboxylic acids is 2. The minimum Gasteiger partial charge on any atom is -0.494 e. The van der Waals surface area contributed by atoms with Gasteiger partial charge in [0.2, 0.25) is 17.7 Å². The van der Waals surface area contributed by atoms with E-state index in [0.29, 0.717) is 0 Å². The number of nitrogens with zero attached hydrogens (tertiary/aromatic N) is 4. The molecule has 1 aromatic carbocycles. The molecule has 2 amide bonds. The standard InChI is InChI=1S/C12H14N6O7S.C8H6Cl2O3/c1-18-9(6(5-13-18)10(19)20)26(22,23)17-12(21)16-11-14-7(24-2)4-8(15-11)25-3;1-13-7-5(10)3-2-4(9)6(7)8(11)12/h4-5H,1-3H3,(H,19,20)(H2,14,15,16,17,21);2-3H,1H3,(H,11,12). The van der Waals surface area contributed by atoms with E-state index in [2.05, 4.69) is 20.4 Å². The van der Waals surface area contributed by atoms with Gasteiger partial charge in [-0.05, 0) is 12.1 Å². The van der Waals surface area contributed by atoms with Crippen molar-refractivity contribution in [2.24, 2.45) is 7.05 Å². The molecule has 4 N–H and O–H groups in total. The number of hydrogen-bond acceptors (Lipinski definition) is 11. The van der Waals surface area contributed by atoms with E-state index < -0.39 is 38.6 Å². The molecule has 0 aliphatic heterocycles. The van der Waals surface area contributed by atoms with Gasteiger partial charge in [-0.15, -0.1) is 0 Å². The molecule has 3 aromatic rings. The number of carbonyl (C=O) groups is 3. The number of methoxy groups -OCH3 is 3. The summed E-state index contributed by atoms with van der Waals surface area (Å²) in [5.41, 5.74) is -0.705. The van der Waals surface area contributed by atoms with Crippen molar-refractivity contribution in [2.45, 2.75) is 5.03 Å². The zero-order valence-corrected chi connectivity index (χ0v) is 22.8. The van der Waals surface area contributed by atoms with Gasteiger partial charge in [-0.1, -0.05) is 23.2 Å². The van der Waals surface area contributed by atoms with Crippen LogP contribution in [-0.4, -0.2) is 77.7 Å². The van der Waals surface area contributed by atoms with E-state index in [0.717, 1.165) is 10.9 Å². The first-order valence-corrected chi connectivity index (χ1v) is 12.3. The molecule has 19 heteroatoms. The number of ether oxygens (including phenoxy) is 3. The van der Waals surface area contributed by atoms with E-state index >= 15 is 0 Å². The number of rotatable bonds is 8. The van der Waals surface area contributed by atoms with Crippen molar-refractivity contribution in [2.75, 3.05) is 26.6 Å². The minimum absolute atomic E-state index is 0.0646. The van der Waals surface area contributed by atoms with E-state index in [1.54, 1.807) is 4.72 Å². The quantitative estimate of drug-likeness (QED) is 0.289. The summed E-state index contributed by atoms with van der Waals surface area (Å²) in [7, 11) is 0.671. The maximum atomic E-state index is 12.3. The lowest BCUT2D eigenvalue weighted by Gasteiger charge is -2.10. The van der Waals surface area contributed by atoms with Gasteiger partial charge in [-0.2, -0.15) is 23.5 Å². The first kappa shape index (κ1) is 30.9. The molecule has 0 unspecified atom stereocenters. The van der Waals surface area contributed by atoms with Gasteiger partial charge in [0.25, 0.3) is 10.0 Å². The zero-order chi connectivity index (χ0) is 29.5. The predicted octanol–water partition coefficient (Wildman–Crippen LogP) is 2.14. The molecule has 2 heterocycles. The smallest absolute Gasteiger partial charge is 0.341 e. The van der Waals surface area contributed by atoms with Crippen LogP contribution in [0.3, 0.4) is 0 Å². The van der Waals surface area contributed by atoms with Gasteiger partial charge in [-0.25, -0.2) is 19.1 Å². The third kappa shape index (κ3) is 7.59. The fourth-order valence-corrected chi connectivity index (χ4v) is 4.47. The second kappa shape index (κ2) is 12.9. The molecular formula is C20H20Cl2N6O10S. The Morgan fingerprint density at radius 3 is 1.97 bits per heavy atom. The number of sulfonamides is 1. The fourth-order valence-electron chi connectivity index (χ4n) is 2.79. The van der Waals surface area contributed by atoms with Crippen LogP contribution in [0.25, 0.3) is 0 Å². The van der Waals surface area contributed by atoms with Gasteiger partial charge in [-0.3, -0.25) is 10.00 Å². The van der Waals surface area contributed by atoms with Gasteiger partial charge in [0.05, 0.1) is 43.6 Å². The van der Waals surface area contributed by atoms with E-state index in [-0.39, 0.29) is 39.1 Å². The molecule has 0 radical (unpaired) electrons. The number of aromatic carboxylic acids is 2. The average molecular weight is 607 g/mol. The van der Waals surface area contributed by atoms with Crippen molar-refractivity contribution in [3.63, 3.8) is 0 Å². The summed E-state index contributed by atoms with van der Waals surface area (Å²) in [6.07, 6.45) is 0.852. The molecule has 210 valence electrons. The van der Waals surface area contributed by atoms with Crippen LogP contribution < -0.4 is 24.2 Å². The fraction of sp³-hybridized carbons (Fsp3) is 0.200. The molecule has 16 nitrogen and oxygen atoms in total. The second-order valence-electron chi connectivity index (χ2n) is 6.87. The van der Waals surface area contributed by atoms with Crippen LogP contribution in [0.5, 0.6) is 17.5 Å². The summed E-state index contributed by atoms with van der Waals surface area (Å²) in [5.74, 6) is -2.76. The molecule has 3 rings (SSSR count). The highest BCUT2D eigenvalue weighted by Gasteiger charge is 2.29. The number of halogens is 2. The number of aryl methyl sites for hydroxylation is 1. The Bertz CT molecular complexity index is 1490. The largest absolute Gasteiger partial charge is 0.494 e.